The van der Waals surface area contributed by atoms with Crippen molar-refractivity contribution in [3.63, 3.8) is 0 Å². The Bertz CT molecular complexity index is 317. The topological polar surface area (TPSA) is 23.5 Å². The van der Waals surface area contributed by atoms with Crippen molar-refractivity contribution in [3.8, 4) is 0 Å². The average molecular weight is 240 g/mol. The SMILES string of the molecule is OC(CCl)CN1CCC(c2ccccc2)C1. The number of hydrogen-bond donors (Lipinski definition) is 1. The summed E-state index contributed by atoms with van der Waals surface area (Å²) < 4.78 is 0. The van der Waals surface area contributed by atoms with Crippen LogP contribution in [0.1, 0.15) is 17.9 Å². The van der Waals surface area contributed by atoms with E-state index in [2.05, 4.69) is 29.2 Å². The number of hydrogen-bond acceptors (Lipinski definition) is 2. The number of nitrogens with zero attached hydrogens (tertiary/aromatic N) is 1. The van der Waals surface area contributed by atoms with Gasteiger partial charge in [-0.3, -0.25) is 0 Å². The van der Waals surface area contributed by atoms with Gasteiger partial charge in [0.15, 0.2) is 0 Å². The molecule has 2 rings (SSSR count). The summed E-state index contributed by atoms with van der Waals surface area (Å²) in [7, 11) is 0. The van der Waals surface area contributed by atoms with E-state index in [1.807, 2.05) is 6.07 Å². The number of alkyl halides is 1. The average Bonchev–Trinajstić information content (AvgIpc) is 2.78. The zero-order valence-electron chi connectivity index (χ0n) is 9.35. The zero-order chi connectivity index (χ0) is 11.4. The summed E-state index contributed by atoms with van der Waals surface area (Å²) in [5.41, 5.74) is 1.41. The summed E-state index contributed by atoms with van der Waals surface area (Å²) in [6, 6.07) is 10.6. The Kier molecular flexibility index (Phi) is 4.22. The summed E-state index contributed by atoms with van der Waals surface area (Å²) in [6.07, 6.45) is 0.787. The van der Waals surface area contributed by atoms with Gasteiger partial charge >= 0.3 is 0 Å². The maximum Gasteiger partial charge on any atom is 0.0802 e. The van der Waals surface area contributed by atoms with Gasteiger partial charge in [-0.1, -0.05) is 30.3 Å². The van der Waals surface area contributed by atoms with Gasteiger partial charge in [-0.25, -0.2) is 0 Å². The first-order valence-electron chi connectivity index (χ1n) is 5.81. The van der Waals surface area contributed by atoms with Crippen LogP contribution in [0.15, 0.2) is 30.3 Å². The number of aliphatic hydroxyl groups excluding tert-OH is 1. The summed E-state index contributed by atoms with van der Waals surface area (Å²) in [5, 5.41) is 9.50. The van der Waals surface area contributed by atoms with Gasteiger partial charge < -0.3 is 10.0 Å². The second-order valence-electron chi connectivity index (χ2n) is 4.46. The van der Waals surface area contributed by atoms with Crippen LogP contribution in [0.5, 0.6) is 0 Å². The van der Waals surface area contributed by atoms with Crippen molar-refractivity contribution in [1.82, 2.24) is 4.90 Å². The predicted molar refractivity (Wildman–Crippen MR) is 67.0 cm³/mol. The molecule has 0 aromatic heterocycles. The van der Waals surface area contributed by atoms with E-state index in [0.29, 0.717) is 18.3 Å². The second kappa shape index (κ2) is 5.67. The van der Waals surface area contributed by atoms with E-state index in [1.165, 1.54) is 12.0 Å². The molecule has 1 fully saturated rings. The van der Waals surface area contributed by atoms with Crippen molar-refractivity contribution >= 4 is 11.6 Å². The number of rotatable bonds is 4. The van der Waals surface area contributed by atoms with E-state index < -0.39 is 6.10 Å². The smallest absolute Gasteiger partial charge is 0.0802 e. The van der Waals surface area contributed by atoms with Crippen molar-refractivity contribution in [2.45, 2.75) is 18.4 Å². The molecule has 1 aliphatic heterocycles. The van der Waals surface area contributed by atoms with Gasteiger partial charge in [-0.05, 0) is 24.4 Å². The van der Waals surface area contributed by atoms with Crippen LogP contribution in [0.3, 0.4) is 0 Å². The number of likely N-dealkylation sites (tertiary alicyclic amines) is 1. The van der Waals surface area contributed by atoms with Crippen LogP contribution in [0, 0.1) is 0 Å². The third-order valence-corrected chi connectivity index (χ3v) is 3.55. The Hall–Kier alpha value is -0.570. The van der Waals surface area contributed by atoms with Crippen LogP contribution < -0.4 is 0 Å². The van der Waals surface area contributed by atoms with E-state index in [4.69, 9.17) is 11.6 Å². The minimum absolute atomic E-state index is 0.326. The lowest BCUT2D eigenvalue weighted by Gasteiger charge is -2.18. The molecule has 1 aromatic rings. The highest BCUT2D eigenvalue weighted by atomic mass is 35.5. The minimum atomic E-state index is -0.392. The number of aliphatic hydroxyl groups is 1. The zero-order valence-corrected chi connectivity index (χ0v) is 10.1. The molecule has 1 heterocycles. The predicted octanol–water partition coefficient (Wildman–Crippen LogP) is 2.08. The minimum Gasteiger partial charge on any atom is -0.391 e. The van der Waals surface area contributed by atoms with Crippen LogP contribution in [0.2, 0.25) is 0 Å². The van der Waals surface area contributed by atoms with Crippen molar-refractivity contribution < 1.29 is 5.11 Å². The second-order valence-corrected chi connectivity index (χ2v) is 4.77. The van der Waals surface area contributed by atoms with E-state index >= 15 is 0 Å². The summed E-state index contributed by atoms with van der Waals surface area (Å²) in [4.78, 5) is 2.30. The molecule has 2 atom stereocenters. The molecule has 1 aromatic carbocycles. The van der Waals surface area contributed by atoms with Gasteiger partial charge in [-0.15, -0.1) is 11.6 Å². The van der Waals surface area contributed by atoms with Gasteiger partial charge in [0.1, 0.15) is 0 Å². The van der Waals surface area contributed by atoms with E-state index in [0.717, 1.165) is 13.1 Å². The molecule has 0 amide bonds. The lowest BCUT2D eigenvalue weighted by Crippen LogP contribution is -2.31. The lowest BCUT2D eigenvalue weighted by atomic mass is 9.99. The van der Waals surface area contributed by atoms with Crippen LogP contribution in [0.25, 0.3) is 0 Å². The van der Waals surface area contributed by atoms with Gasteiger partial charge in [0.25, 0.3) is 0 Å². The molecule has 88 valence electrons. The number of benzene rings is 1. The molecule has 0 bridgehead atoms. The molecule has 3 heteroatoms. The highest BCUT2D eigenvalue weighted by Crippen LogP contribution is 2.26. The Morgan fingerprint density at radius 2 is 2.12 bits per heavy atom. The van der Waals surface area contributed by atoms with Crippen molar-refractivity contribution in [1.29, 1.82) is 0 Å². The van der Waals surface area contributed by atoms with Crippen LogP contribution in [-0.2, 0) is 0 Å². The van der Waals surface area contributed by atoms with E-state index in [-0.39, 0.29) is 0 Å². The molecule has 2 unspecified atom stereocenters. The molecule has 0 spiro atoms. The third-order valence-electron chi connectivity index (χ3n) is 3.19. The fraction of sp³-hybridized carbons (Fsp3) is 0.538. The maximum atomic E-state index is 9.50. The normalized spacial score (nSPS) is 23.5. The third kappa shape index (κ3) is 2.97. The van der Waals surface area contributed by atoms with Crippen molar-refractivity contribution in [3.05, 3.63) is 35.9 Å². The quantitative estimate of drug-likeness (QED) is 0.814. The Morgan fingerprint density at radius 3 is 2.81 bits per heavy atom. The maximum absolute atomic E-state index is 9.50. The Labute approximate surface area is 102 Å². The molecule has 1 N–H and O–H groups in total. The van der Waals surface area contributed by atoms with Gasteiger partial charge in [0.05, 0.1) is 6.10 Å². The molecule has 16 heavy (non-hydrogen) atoms. The standard InChI is InChI=1S/C13H18ClNO/c14-8-13(16)10-15-7-6-12(9-15)11-4-2-1-3-5-11/h1-5,12-13,16H,6-10H2. The van der Waals surface area contributed by atoms with Crippen LogP contribution in [0.4, 0.5) is 0 Å². The van der Waals surface area contributed by atoms with Crippen molar-refractivity contribution in [2.24, 2.45) is 0 Å². The van der Waals surface area contributed by atoms with E-state index in [1.54, 1.807) is 0 Å². The fourth-order valence-electron chi connectivity index (χ4n) is 2.34. The van der Waals surface area contributed by atoms with Gasteiger partial charge in [-0.2, -0.15) is 0 Å². The van der Waals surface area contributed by atoms with Crippen molar-refractivity contribution in [2.75, 3.05) is 25.5 Å². The largest absolute Gasteiger partial charge is 0.391 e. The summed E-state index contributed by atoms with van der Waals surface area (Å²) in [6.45, 7) is 2.80. The fourth-order valence-corrected chi connectivity index (χ4v) is 2.44. The first-order valence-corrected chi connectivity index (χ1v) is 6.34. The molecule has 1 aliphatic rings. The molecular weight excluding hydrogens is 222 g/mol. The Balaban J connectivity index is 1.89. The summed E-state index contributed by atoms with van der Waals surface area (Å²) in [5.74, 6) is 0.940. The molecule has 1 saturated heterocycles. The monoisotopic (exact) mass is 239 g/mol. The van der Waals surface area contributed by atoms with Crippen LogP contribution in [-0.4, -0.2) is 41.6 Å². The van der Waals surface area contributed by atoms with Gasteiger partial charge in [0, 0.05) is 19.0 Å². The molecular formula is C13H18ClNO. The molecule has 0 radical (unpaired) electrons. The van der Waals surface area contributed by atoms with Crippen LogP contribution >= 0.6 is 11.6 Å². The first-order chi connectivity index (χ1) is 7.79. The molecule has 2 nitrogen and oxygen atoms in total. The number of β-amino-alcohol motifs (C(OH)–C–C–N with tert-alkyl or cyclic N) is 1. The highest BCUT2D eigenvalue weighted by Gasteiger charge is 2.24. The first kappa shape index (κ1) is 11.9. The van der Waals surface area contributed by atoms with E-state index in [9.17, 15) is 5.11 Å². The van der Waals surface area contributed by atoms with Gasteiger partial charge in [0.2, 0.25) is 0 Å². The number of halogens is 1. The molecule has 0 aliphatic carbocycles. The lowest BCUT2D eigenvalue weighted by molar-refractivity contribution is 0.143. The highest BCUT2D eigenvalue weighted by molar-refractivity contribution is 6.18. The Morgan fingerprint density at radius 1 is 1.38 bits per heavy atom. The summed E-state index contributed by atoms with van der Waals surface area (Å²) >= 11 is 5.61. The molecule has 0 saturated carbocycles.